The second-order valence-corrected chi connectivity index (χ2v) is 6.88. The molecule has 0 atom stereocenters. The van der Waals surface area contributed by atoms with Crippen molar-refractivity contribution in [3.8, 4) is 0 Å². The minimum Gasteiger partial charge on any atom is -0.445 e. The van der Waals surface area contributed by atoms with Gasteiger partial charge in [-0.05, 0) is 32.6 Å². The molecule has 3 rings (SSSR count). The third-order valence-electron chi connectivity index (χ3n) is 5.03. The van der Waals surface area contributed by atoms with Crippen molar-refractivity contribution in [2.24, 2.45) is 5.92 Å². The number of piperidine rings is 1. The lowest BCUT2D eigenvalue weighted by Gasteiger charge is -2.35. The largest absolute Gasteiger partial charge is 0.445 e. The number of aromatic nitrogens is 1. The van der Waals surface area contributed by atoms with Crippen LogP contribution in [-0.2, 0) is 4.79 Å². The Morgan fingerprint density at radius 1 is 1.17 bits per heavy atom. The summed E-state index contributed by atoms with van der Waals surface area (Å²) in [5.41, 5.74) is 0.401. The molecule has 23 heavy (non-hydrogen) atoms. The van der Waals surface area contributed by atoms with E-state index in [0.29, 0.717) is 23.3 Å². The Hall–Kier alpha value is -1.85. The molecule has 1 aliphatic heterocycles. The van der Waals surface area contributed by atoms with Gasteiger partial charge in [0.1, 0.15) is 5.76 Å². The monoisotopic (exact) mass is 319 g/mol. The van der Waals surface area contributed by atoms with E-state index in [1.54, 1.807) is 21.0 Å². The summed E-state index contributed by atoms with van der Waals surface area (Å²) in [5.74, 6) is 1.87. The van der Waals surface area contributed by atoms with Crippen LogP contribution in [0.2, 0.25) is 0 Å². The van der Waals surface area contributed by atoms with Crippen molar-refractivity contribution in [2.75, 3.05) is 27.2 Å². The van der Waals surface area contributed by atoms with E-state index in [-0.39, 0.29) is 17.7 Å². The Morgan fingerprint density at radius 3 is 2.35 bits per heavy atom. The summed E-state index contributed by atoms with van der Waals surface area (Å²) >= 11 is 0. The van der Waals surface area contributed by atoms with E-state index in [9.17, 15) is 9.59 Å². The highest BCUT2D eigenvalue weighted by Gasteiger charge is 2.33. The van der Waals surface area contributed by atoms with Crippen LogP contribution < -0.4 is 0 Å². The highest BCUT2D eigenvalue weighted by molar-refractivity contribution is 5.92. The van der Waals surface area contributed by atoms with E-state index in [0.717, 1.165) is 38.8 Å². The molecular formula is C17H25N3O3. The van der Waals surface area contributed by atoms with Gasteiger partial charge < -0.3 is 14.2 Å². The molecule has 0 spiro atoms. The number of oxazole rings is 1. The van der Waals surface area contributed by atoms with Gasteiger partial charge in [0, 0.05) is 39.0 Å². The molecular weight excluding hydrogens is 294 g/mol. The number of nitrogens with zero attached hydrogens (tertiary/aromatic N) is 3. The number of amides is 2. The molecule has 0 N–H and O–H groups in total. The summed E-state index contributed by atoms with van der Waals surface area (Å²) in [5, 5.41) is 0. The van der Waals surface area contributed by atoms with Crippen LogP contribution in [-0.4, -0.2) is 53.8 Å². The first kappa shape index (κ1) is 16.0. The number of likely N-dealkylation sites (tertiary alicyclic amines) is 1. The molecule has 6 nitrogen and oxygen atoms in total. The first-order chi connectivity index (χ1) is 11.0. The molecule has 0 bridgehead atoms. The lowest BCUT2D eigenvalue weighted by Crippen LogP contribution is -2.43. The third kappa shape index (κ3) is 3.12. The highest BCUT2D eigenvalue weighted by atomic mass is 16.4. The minimum atomic E-state index is -0.130. The Bertz CT molecular complexity index is 596. The molecule has 126 valence electrons. The van der Waals surface area contributed by atoms with Gasteiger partial charge in [0.2, 0.25) is 5.91 Å². The maximum atomic E-state index is 12.3. The summed E-state index contributed by atoms with van der Waals surface area (Å²) < 4.78 is 5.74. The maximum Gasteiger partial charge on any atom is 0.275 e. The zero-order chi connectivity index (χ0) is 16.6. The molecule has 1 aromatic rings. The Morgan fingerprint density at radius 2 is 1.83 bits per heavy atom. The second kappa shape index (κ2) is 6.34. The van der Waals surface area contributed by atoms with E-state index in [4.69, 9.17) is 4.42 Å². The SMILES string of the molecule is Cc1oc(C2CCN(C(=O)C3CCC3)CC2)nc1C(=O)N(C)C. The van der Waals surface area contributed by atoms with Gasteiger partial charge in [-0.3, -0.25) is 9.59 Å². The summed E-state index contributed by atoms with van der Waals surface area (Å²) in [7, 11) is 3.42. The van der Waals surface area contributed by atoms with Crippen LogP contribution >= 0.6 is 0 Å². The standard InChI is InChI=1S/C17H25N3O3/c1-11-14(17(22)19(2)3)18-15(23-11)12-7-9-20(10-8-12)16(21)13-5-4-6-13/h12-13H,4-10H2,1-3H3. The first-order valence-corrected chi connectivity index (χ1v) is 8.45. The van der Waals surface area contributed by atoms with Crippen molar-refractivity contribution in [3.63, 3.8) is 0 Å². The number of hydrogen-bond acceptors (Lipinski definition) is 4. The van der Waals surface area contributed by atoms with Crippen LogP contribution in [0, 0.1) is 12.8 Å². The van der Waals surface area contributed by atoms with Crippen molar-refractivity contribution >= 4 is 11.8 Å². The fraction of sp³-hybridized carbons (Fsp3) is 0.706. The van der Waals surface area contributed by atoms with Crippen LogP contribution in [0.4, 0.5) is 0 Å². The summed E-state index contributed by atoms with van der Waals surface area (Å²) in [4.78, 5) is 32.3. The molecule has 1 aliphatic carbocycles. The van der Waals surface area contributed by atoms with Crippen molar-refractivity contribution < 1.29 is 14.0 Å². The zero-order valence-corrected chi connectivity index (χ0v) is 14.2. The summed E-state index contributed by atoms with van der Waals surface area (Å²) in [6.45, 7) is 3.30. The van der Waals surface area contributed by atoms with Gasteiger partial charge in [-0.1, -0.05) is 6.42 Å². The van der Waals surface area contributed by atoms with Gasteiger partial charge in [-0.25, -0.2) is 4.98 Å². The number of rotatable bonds is 3. The topological polar surface area (TPSA) is 66.7 Å². The molecule has 0 aromatic carbocycles. The molecule has 2 heterocycles. The third-order valence-corrected chi connectivity index (χ3v) is 5.03. The van der Waals surface area contributed by atoms with Crippen LogP contribution in [0.25, 0.3) is 0 Å². The molecule has 2 aliphatic rings. The van der Waals surface area contributed by atoms with Gasteiger partial charge >= 0.3 is 0 Å². The summed E-state index contributed by atoms with van der Waals surface area (Å²) in [6.07, 6.45) is 4.99. The number of carbonyl (C=O) groups is 2. The second-order valence-electron chi connectivity index (χ2n) is 6.88. The van der Waals surface area contributed by atoms with Gasteiger partial charge in [0.25, 0.3) is 5.91 Å². The Labute approximate surface area is 136 Å². The van der Waals surface area contributed by atoms with Gasteiger partial charge in [0.05, 0.1) is 0 Å². The first-order valence-electron chi connectivity index (χ1n) is 8.45. The molecule has 6 heteroatoms. The van der Waals surface area contributed by atoms with Crippen molar-refractivity contribution in [2.45, 2.75) is 44.9 Å². The van der Waals surface area contributed by atoms with Crippen molar-refractivity contribution in [1.82, 2.24) is 14.8 Å². The van der Waals surface area contributed by atoms with E-state index in [1.165, 1.54) is 11.3 Å². The van der Waals surface area contributed by atoms with E-state index in [2.05, 4.69) is 4.98 Å². The maximum absolute atomic E-state index is 12.3. The van der Waals surface area contributed by atoms with E-state index < -0.39 is 0 Å². The molecule has 1 aromatic heterocycles. The number of hydrogen-bond donors (Lipinski definition) is 0. The molecule has 1 saturated carbocycles. The lowest BCUT2D eigenvalue weighted by atomic mass is 9.83. The predicted octanol–water partition coefficient (Wildman–Crippen LogP) is 2.19. The fourth-order valence-corrected chi connectivity index (χ4v) is 3.26. The van der Waals surface area contributed by atoms with Gasteiger partial charge in [-0.2, -0.15) is 0 Å². The smallest absolute Gasteiger partial charge is 0.275 e. The van der Waals surface area contributed by atoms with Crippen LogP contribution in [0.15, 0.2) is 4.42 Å². The average Bonchev–Trinajstić information content (AvgIpc) is 2.86. The fourth-order valence-electron chi connectivity index (χ4n) is 3.26. The van der Waals surface area contributed by atoms with E-state index >= 15 is 0 Å². The van der Waals surface area contributed by atoms with Gasteiger partial charge in [-0.15, -0.1) is 0 Å². The van der Waals surface area contributed by atoms with Crippen molar-refractivity contribution in [3.05, 3.63) is 17.3 Å². The molecule has 2 amide bonds. The normalized spacial score (nSPS) is 19.5. The number of aryl methyl sites for hydroxylation is 1. The van der Waals surface area contributed by atoms with Gasteiger partial charge in [0.15, 0.2) is 11.6 Å². The summed E-state index contributed by atoms with van der Waals surface area (Å²) in [6, 6.07) is 0. The zero-order valence-electron chi connectivity index (χ0n) is 14.2. The van der Waals surface area contributed by atoms with E-state index in [1.807, 2.05) is 4.90 Å². The Balaban J connectivity index is 1.62. The van der Waals surface area contributed by atoms with Crippen LogP contribution in [0.3, 0.4) is 0 Å². The molecule has 0 radical (unpaired) electrons. The van der Waals surface area contributed by atoms with Crippen molar-refractivity contribution in [1.29, 1.82) is 0 Å². The molecule has 2 fully saturated rings. The minimum absolute atomic E-state index is 0.130. The average molecular weight is 319 g/mol. The number of carbonyl (C=O) groups excluding carboxylic acids is 2. The quantitative estimate of drug-likeness (QED) is 0.856. The lowest BCUT2D eigenvalue weighted by molar-refractivity contribution is -0.139. The van der Waals surface area contributed by atoms with Crippen LogP contribution in [0.1, 0.15) is 60.2 Å². The molecule has 1 saturated heterocycles. The highest BCUT2D eigenvalue weighted by Crippen LogP contribution is 2.33. The Kier molecular flexibility index (Phi) is 4.41. The molecule has 0 unspecified atom stereocenters. The van der Waals surface area contributed by atoms with Crippen LogP contribution in [0.5, 0.6) is 0 Å². The predicted molar refractivity (Wildman–Crippen MR) is 85.2 cm³/mol.